The van der Waals surface area contributed by atoms with Gasteiger partial charge >= 0.3 is 0 Å². The monoisotopic (exact) mass is 304 g/mol. The summed E-state index contributed by atoms with van der Waals surface area (Å²) in [5, 5.41) is 4.58. The summed E-state index contributed by atoms with van der Waals surface area (Å²) in [6.07, 6.45) is 5.38. The van der Waals surface area contributed by atoms with E-state index >= 15 is 0 Å². The van der Waals surface area contributed by atoms with E-state index in [0.29, 0.717) is 25.6 Å². The van der Waals surface area contributed by atoms with E-state index in [2.05, 4.69) is 16.1 Å². The van der Waals surface area contributed by atoms with Gasteiger partial charge in [0.15, 0.2) is 0 Å². The summed E-state index contributed by atoms with van der Waals surface area (Å²) >= 11 is 0. The number of fused-ring (bicyclic) bond motifs is 1. The molecule has 1 fully saturated rings. The molecule has 2 aromatic rings. The number of nitrogens with zero attached hydrogens (tertiary/aromatic N) is 4. The molecule has 0 N–H and O–H groups in total. The van der Waals surface area contributed by atoms with Crippen molar-refractivity contribution in [2.24, 2.45) is 0 Å². The maximum absolute atomic E-state index is 12.6. The average Bonchev–Trinajstić information content (AvgIpc) is 3.27. The van der Waals surface area contributed by atoms with Crippen LogP contribution in [0, 0.1) is 0 Å². The van der Waals surface area contributed by atoms with Crippen LogP contribution in [0.4, 0.5) is 0 Å². The van der Waals surface area contributed by atoms with Crippen LogP contribution >= 0.6 is 0 Å². The first-order valence-corrected chi connectivity index (χ1v) is 8.55. The van der Waals surface area contributed by atoms with Crippen molar-refractivity contribution in [3.05, 3.63) is 42.0 Å². The molecule has 110 valence electrons. The van der Waals surface area contributed by atoms with Crippen molar-refractivity contribution in [1.29, 1.82) is 0 Å². The third kappa shape index (κ3) is 2.26. The average molecular weight is 304 g/mol. The second kappa shape index (κ2) is 4.64. The van der Waals surface area contributed by atoms with Gasteiger partial charge in [0, 0.05) is 24.9 Å². The van der Waals surface area contributed by atoms with Crippen molar-refractivity contribution in [2.45, 2.75) is 36.7 Å². The fourth-order valence-corrected chi connectivity index (χ4v) is 4.06. The summed E-state index contributed by atoms with van der Waals surface area (Å²) in [5.74, 6) is 0.589. The first kappa shape index (κ1) is 13.0. The number of pyridine rings is 1. The van der Waals surface area contributed by atoms with Crippen molar-refractivity contribution in [1.82, 2.24) is 19.1 Å². The highest BCUT2D eigenvalue weighted by Gasteiger charge is 2.32. The molecule has 0 atom stereocenters. The minimum absolute atomic E-state index is 0.250. The van der Waals surface area contributed by atoms with Crippen molar-refractivity contribution in [3.63, 3.8) is 0 Å². The second-order valence-electron chi connectivity index (χ2n) is 5.59. The molecule has 6 nitrogen and oxygen atoms in total. The predicted molar refractivity (Wildman–Crippen MR) is 76.0 cm³/mol. The third-order valence-corrected chi connectivity index (χ3v) is 5.88. The third-order valence-electron chi connectivity index (χ3n) is 4.05. The van der Waals surface area contributed by atoms with Crippen molar-refractivity contribution >= 4 is 10.0 Å². The van der Waals surface area contributed by atoms with E-state index < -0.39 is 10.0 Å². The highest BCUT2D eigenvalue weighted by molar-refractivity contribution is 7.89. The molecule has 0 aromatic carbocycles. The van der Waals surface area contributed by atoms with Gasteiger partial charge in [0.05, 0.1) is 24.5 Å². The normalized spacial score (nSPS) is 19.4. The van der Waals surface area contributed by atoms with E-state index in [0.717, 1.165) is 11.4 Å². The Kier molecular flexibility index (Phi) is 2.87. The predicted octanol–water partition coefficient (Wildman–Crippen LogP) is 1.36. The molecule has 0 saturated heterocycles. The Bertz CT molecular complexity index is 766. The van der Waals surface area contributed by atoms with E-state index in [-0.39, 0.29) is 4.90 Å². The molecule has 4 rings (SSSR count). The molecule has 0 bridgehead atoms. The fraction of sp³-hybridized carbons (Fsp3) is 0.429. The van der Waals surface area contributed by atoms with Gasteiger partial charge in [-0.15, -0.1) is 0 Å². The molecule has 0 amide bonds. The summed E-state index contributed by atoms with van der Waals surface area (Å²) in [5.41, 5.74) is 2.10. The highest BCUT2D eigenvalue weighted by Crippen LogP contribution is 2.39. The van der Waals surface area contributed by atoms with E-state index in [1.54, 1.807) is 18.3 Å². The van der Waals surface area contributed by atoms with Crippen LogP contribution < -0.4 is 0 Å². The number of hydrogen-bond acceptors (Lipinski definition) is 4. The molecule has 3 heterocycles. The van der Waals surface area contributed by atoms with Gasteiger partial charge in [-0.3, -0.25) is 9.67 Å². The Labute approximate surface area is 123 Å². The van der Waals surface area contributed by atoms with Crippen LogP contribution in [0.15, 0.2) is 35.5 Å². The standard InChI is InChI=1S/C14H16N4O2S/c19-21(20,13-2-1-5-15-9-13)17-6-7-18-12(10-17)8-14(16-18)11-3-4-11/h1-2,5,8-9,11H,3-4,6-7,10H2. The van der Waals surface area contributed by atoms with E-state index in [4.69, 9.17) is 0 Å². The Morgan fingerprint density at radius 1 is 1.24 bits per heavy atom. The smallest absolute Gasteiger partial charge is 0.245 e. The molecular formula is C14H16N4O2S. The number of sulfonamides is 1. The molecule has 2 aliphatic rings. The number of hydrogen-bond donors (Lipinski definition) is 0. The summed E-state index contributed by atoms with van der Waals surface area (Å²) < 4.78 is 28.7. The quantitative estimate of drug-likeness (QED) is 0.858. The Morgan fingerprint density at radius 3 is 2.81 bits per heavy atom. The van der Waals surface area contributed by atoms with Crippen LogP contribution in [0.1, 0.15) is 30.1 Å². The molecule has 21 heavy (non-hydrogen) atoms. The lowest BCUT2D eigenvalue weighted by atomic mass is 10.2. The fourth-order valence-electron chi connectivity index (χ4n) is 2.70. The maximum atomic E-state index is 12.6. The van der Waals surface area contributed by atoms with Crippen LogP contribution in [-0.2, 0) is 23.1 Å². The Morgan fingerprint density at radius 2 is 2.10 bits per heavy atom. The molecule has 0 unspecified atom stereocenters. The summed E-state index contributed by atoms with van der Waals surface area (Å²) in [4.78, 5) is 4.15. The zero-order valence-corrected chi connectivity index (χ0v) is 12.3. The van der Waals surface area contributed by atoms with Crippen LogP contribution in [-0.4, -0.2) is 34.0 Å². The summed E-state index contributed by atoms with van der Waals surface area (Å²) in [7, 11) is -3.47. The first-order valence-electron chi connectivity index (χ1n) is 7.11. The summed E-state index contributed by atoms with van der Waals surface area (Å²) in [6.45, 7) is 1.45. The van der Waals surface area contributed by atoms with Gasteiger partial charge in [-0.1, -0.05) is 0 Å². The molecule has 1 aliphatic carbocycles. The van der Waals surface area contributed by atoms with Gasteiger partial charge < -0.3 is 0 Å². The number of rotatable bonds is 3. The van der Waals surface area contributed by atoms with Crippen LogP contribution in [0.25, 0.3) is 0 Å². The van der Waals surface area contributed by atoms with Crippen molar-refractivity contribution in [3.8, 4) is 0 Å². The minimum Gasteiger partial charge on any atom is -0.267 e. The molecule has 1 saturated carbocycles. The van der Waals surface area contributed by atoms with Crippen molar-refractivity contribution in [2.75, 3.05) is 6.54 Å². The van der Waals surface area contributed by atoms with Gasteiger partial charge in [0.2, 0.25) is 10.0 Å². The Hall–Kier alpha value is -1.73. The molecule has 1 aliphatic heterocycles. The largest absolute Gasteiger partial charge is 0.267 e. The first-order chi connectivity index (χ1) is 10.1. The molecule has 0 spiro atoms. The van der Waals surface area contributed by atoms with Gasteiger partial charge in [-0.25, -0.2) is 8.42 Å². The van der Waals surface area contributed by atoms with Crippen LogP contribution in [0.3, 0.4) is 0 Å². The molecule has 7 heteroatoms. The second-order valence-corrected chi connectivity index (χ2v) is 7.52. The lowest BCUT2D eigenvalue weighted by molar-refractivity contribution is 0.326. The molecular weight excluding hydrogens is 288 g/mol. The lowest BCUT2D eigenvalue weighted by Gasteiger charge is -2.26. The van der Waals surface area contributed by atoms with E-state index in [1.165, 1.54) is 23.3 Å². The van der Waals surface area contributed by atoms with E-state index in [9.17, 15) is 8.42 Å². The number of aromatic nitrogens is 3. The highest BCUT2D eigenvalue weighted by atomic mass is 32.2. The van der Waals surface area contributed by atoms with Crippen molar-refractivity contribution < 1.29 is 8.42 Å². The zero-order valence-electron chi connectivity index (χ0n) is 11.5. The molecule has 0 radical (unpaired) electrons. The maximum Gasteiger partial charge on any atom is 0.245 e. The SMILES string of the molecule is O=S(=O)(c1cccnc1)N1CCn2nc(C3CC3)cc2C1. The van der Waals surface area contributed by atoms with Gasteiger partial charge in [-0.2, -0.15) is 9.40 Å². The lowest BCUT2D eigenvalue weighted by Crippen LogP contribution is -2.38. The minimum atomic E-state index is -3.47. The van der Waals surface area contributed by atoms with Gasteiger partial charge in [0.1, 0.15) is 4.90 Å². The topological polar surface area (TPSA) is 68.1 Å². The van der Waals surface area contributed by atoms with Gasteiger partial charge in [-0.05, 0) is 31.0 Å². The summed E-state index contributed by atoms with van der Waals surface area (Å²) in [6, 6.07) is 5.29. The molecule has 2 aromatic heterocycles. The van der Waals surface area contributed by atoms with Gasteiger partial charge in [0.25, 0.3) is 0 Å². The Balaban J connectivity index is 1.63. The van der Waals surface area contributed by atoms with E-state index in [1.807, 2.05) is 4.68 Å². The zero-order chi connectivity index (χ0) is 14.4. The van der Waals surface area contributed by atoms with Crippen LogP contribution in [0.5, 0.6) is 0 Å². The van der Waals surface area contributed by atoms with Crippen LogP contribution in [0.2, 0.25) is 0 Å².